The maximum atomic E-state index is 13.7. The van der Waals surface area contributed by atoms with E-state index in [4.69, 9.17) is 0 Å². The molecule has 9 heteroatoms. The van der Waals surface area contributed by atoms with E-state index in [1.54, 1.807) is 0 Å². The zero-order valence-corrected chi connectivity index (χ0v) is 16.0. The highest BCUT2D eigenvalue weighted by molar-refractivity contribution is 7.99. The Balaban J connectivity index is 1.72. The molecule has 28 heavy (non-hydrogen) atoms. The molecule has 0 atom stereocenters. The minimum atomic E-state index is -1.63. The maximum Gasteiger partial charge on any atom is 0.234 e. The number of aromatic nitrogens is 3. The molecule has 3 aromatic rings. The molecule has 146 valence electrons. The van der Waals surface area contributed by atoms with Crippen LogP contribution in [0, 0.1) is 24.4 Å². The van der Waals surface area contributed by atoms with Gasteiger partial charge in [-0.2, -0.15) is 0 Å². The monoisotopic (exact) mass is 406 g/mol. The summed E-state index contributed by atoms with van der Waals surface area (Å²) in [5.74, 6) is -4.35. The molecule has 1 aromatic heterocycles. The van der Waals surface area contributed by atoms with Gasteiger partial charge in [0.25, 0.3) is 0 Å². The second-order valence-corrected chi connectivity index (χ2v) is 6.87. The summed E-state index contributed by atoms with van der Waals surface area (Å²) in [6.45, 7) is 4.50. The van der Waals surface area contributed by atoms with E-state index in [0.29, 0.717) is 17.5 Å². The van der Waals surface area contributed by atoms with Gasteiger partial charge >= 0.3 is 0 Å². The molecular weight excluding hydrogens is 389 g/mol. The largest absolute Gasteiger partial charge is 0.323 e. The summed E-state index contributed by atoms with van der Waals surface area (Å²) in [7, 11) is 0. The first-order valence-corrected chi connectivity index (χ1v) is 9.46. The van der Waals surface area contributed by atoms with Crippen LogP contribution in [0.4, 0.5) is 18.9 Å². The normalized spacial score (nSPS) is 10.9. The van der Waals surface area contributed by atoms with Crippen LogP contribution in [0.2, 0.25) is 0 Å². The molecular formula is C19H17F3N4OS. The fourth-order valence-electron chi connectivity index (χ4n) is 2.64. The van der Waals surface area contributed by atoms with Gasteiger partial charge in [-0.1, -0.05) is 36.0 Å². The number of amides is 1. The molecule has 1 heterocycles. The van der Waals surface area contributed by atoms with Crippen molar-refractivity contribution in [3.05, 3.63) is 59.4 Å². The SMILES string of the molecule is CCn1c(SCC(=O)Nc2ccc(F)c(F)c2F)nnc1-c1ccccc1C. The van der Waals surface area contributed by atoms with E-state index in [1.165, 1.54) is 0 Å². The van der Waals surface area contributed by atoms with Crippen molar-refractivity contribution in [1.82, 2.24) is 14.8 Å². The van der Waals surface area contributed by atoms with Crippen LogP contribution < -0.4 is 5.32 Å². The van der Waals surface area contributed by atoms with Crippen molar-refractivity contribution in [3.63, 3.8) is 0 Å². The van der Waals surface area contributed by atoms with Gasteiger partial charge in [-0.3, -0.25) is 4.79 Å². The Bertz CT molecular complexity index is 1020. The second-order valence-electron chi connectivity index (χ2n) is 5.93. The number of aryl methyl sites for hydroxylation is 1. The number of nitrogens with zero attached hydrogens (tertiary/aromatic N) is 3. The number of carbonyl (C=O) groups is 1. The van der Waals surface area contributed by atoms with Crippen LogP contribution in [0.1, 0.15) is 12.5 Å². The Hall–Kier alpha value is -2.81. The number of rotatable bonds is 6. The Morgan fingerprint density at radius 1 is 1.11 bits per heavy atom. The molecule has 0 aliphatic heterocycles. The highest BCUT2D eigenvalue weighted by Crippen LogP contribution is 2.26. The zero-order valence-electron chi connectivity index (χ0n) is 15.2. The van der Waals surface area contributed by atoms with Crippen LogP contribution in [0.5, 0.6) is 0 Å². The molecule has 0 saturated heterocycles. The molecule has 5 nitrogen and oxygen atoms in total. The highest BCUT2D eigenvalue weighted by Gasteiger charge is 2.18. The number of hydrogen-bond acceptors (Lipinski definition) is 4. The predicted octanol–water partition coefficient (Wildman–Crippen LogP) is 4.42. The van der Waals surface area contributed by atoms with E-state index in [2.05, 4.69) is 15.5 Å². The summed E-state index contributed by atoms with van der Waals surface area (Å²) in [5, 5.41) is 11.1. The number of thioether (sulfide) groups is 1. The molecule has 1 amide bonds. The molecule has 2 aromatic carbocycles. The molecule has 0 bridgehead atoms. The van der Waals surface area contributed by atoms with E-state index in [1.807, 2.05) is 42.7 Å². The molecule has 0 aliphatic rings. The molecule has 0 spiro atoms. The molecule has 0 aliphatic carbocycles. The Labute approximate surface area is 164 Å². The van der Waals surface area contributed by atoms with E-state index < -0.39 is 29.0 Å². The van der Waals surface area contributed by atoms with Crippen LogP contribution in [0.3, 0.4) is 0 Å². The van der Waals surface area contributed by atoms with Gasteiger partial charge in [0.2, 0.25) is 5.91 Å². The van der Waals surface area contributed by atoms with Crippen LogP contribution in [-0.4, -0.2) is 26.4 Å². The smallest absolute Gasteiger partial charge is 0.234 e. The van der Waals surface area contributed by atoms with Crippen molar-refractivity contribution in [1.29, 1.82) is 0 Å². The predicted molar refractivity (Wildman–Crippen MR) is 102 cm³/mol. The minimum Gasteiger partial charge on any atom is -0.323 e. The number of nitrogens with one attached hydrogen (secondary N) is 1. The topological polar surface area (TPSA) is 59.8 Å². The van der Waals surface area contributed by atoms with Gasteiger partial charge in [0.05, 0.1) is 11.4 Å². The Morgan fingerprint density at radius 3 is 2.57 bits per heavy atom. The van der Waals surface area contributed by atoms with E-state index in [0.717, 1.165) is 35.0 Å². The lowest BCUT2D eigenvalue weighted by Gasteiger charge is -2.09. The number of carbonyl (C=O) groups excluding carboxylic acids is 1. The number of halogens is 3. The van der Waals surface area contributed by atoms with Gasteiger partial charge < -0.3 is 9.88 Å². The third-order valence-corrected chi connectivity index (χ3v) is 5.03. The van der Waals surface area contributed by atoms with Crippen molar-refractivity contribution >= 4 is 23.4 Å². The molecule has 0 radical (unpaired) electrons. The van der Waals surface area contributed by atoms with Gasteiger partial charge in [-0.15, -0.1) is 10.2 Å². The van der Waals surface area contributed by atoms with Crippen LogP contribution >= 0.6 is 11.8 Å². The first-order chi connectivity index (χ1) is 13.4. The summed E-state index contributed by atoms with van der Waals surface area (Å²) in [6, 6.07) is 9.49. The summed E-state index contributed by atoms with van der Waals surface area (Å²) in [4.78, 5) is 12.1. The summed E-state index contributed by atoms with van der Waals surface area (Å²) < 4.78 is 41.8. The third kappa shape index (κ3) is 4.04. The lowest BCUT2D eigenvalue weighted by atomic mass is 10.1. The molecule has 0 saturated carbocycles. The summed E-state index contributed by atoms with van der Waals surface area (Å²) in [6.07, 6.45) is 0. The van der Waals surface area contributed by atoms with Gasteiger partial charge in [0.1, 0.15) is 0 Å². The minimum absolute atomic E-state index is 0.0929. The van der Waals surface area contributed by atoms with Crippen molar-refractivity contribution in [2.24, 2.45) is 0 Å². The quantitative estimate of drug-likeness (QED) is 0.486. The Kier molecular flexibility index (Phi) is 6.03. The summed E-state index contributed by atoms with van der Waals surface area (Å²) in [5.41, 5.74) is 1.58. The van der Waals surface area contributed by atoms with Crippen LogP contribution in [0.25, 0.3) is 11.4 Å². The molecule has 0 fully saturated rings. The first kappa shape index (κ1) is 19.9. The maximum absolute atomic E-state index is 13.7. The van der Waals surface area contributed by atoms with Crippen molar-refractivity contribution in [2.75, 3.05) is 11.1 Å². The van der Waals surface area contributed by atoms with Crippen LogP contribution in [0.15, 0.2) is 41.6 Å². The molecule has 1 N–H and O–H groups in total. The average molecular weight is 406 g/mol. The summed E-state index contributed by atoms with van der Waals surface area (Å²) >= 11 is 1.12. The first-order valence-electron chi connectivity index (χ1n) is 8.47. The van der Waals surface area contributed by atoms with E-state index >= 15 is 0 Å². The van der Waals surface area contributed by atoms with Crippen molar-refractivity contribution in [2.45, 2.75) is 25.5 Å². The van der Waals surface area contributed by atoms with Crippen LogP contribution in [-0.2, 0) is 11.3 Å². The lowest BCUT2D eigenvalue weighted by Crippen LogP contribution is -2.16. The van der Waals surface area contributed by atoms with Gasteiger partial charge in [-0.05, 0) is 31.5 Å². The fourth-order valence-corrected chi connectivity index (χ4v) is 3.44. The van der Waals surface area contributed by atoms with Gasteiger partial charge in [0, 0.05) is 12.1 Å². The molecule has 0 unspecified atom stereocenters. The second kappa shape index (κ2) is 8.47. The lowest BCUT2D eigenvalue weighted by molar-refractivity contribution is -0.113. The third-order valence-electron chi connectivity index (χ3n) is 4.06. The van der Waals surface area contributed by atoms with E-state index in [-0.39, 0.29) is 5.75 Å². The van der Waals surface area contributed by atoms with E-state index in [9.17, 15) is 18.0 Å². The number of benzene rings is 2. The standard InChI is InChI=1S/C19H17F3N4OS/c1-3-26-18(12-7-5-4-6-11(12)2)24-25-19(26)28-10-15(27)23-14-9-8-13(20)16(21)17(14)22/h4-9H,3,10H2,1-2H3,(H,23,27). The average Bonchev–Trinajstić information content (AvgIpc) is 3.10. The zero-order chi connectivity index (χ0) is 20.3. The number of hydrogen-bond donors (Lipinski definition) is 1. The molecule has 3 rings (SSSR count). The Morgan fingerprint density at radius 2 is 1.86 bits per heavy atom. The van der Waals surface area contributed by atoms with Crippen molar-refractivity contribution in [3.8, 4) is 11.4 Å². The van der Waals surface area contributed by atoms with Crippen molar-refractivity contribution < 1.29 is 18.0 Å². The highest BCUT2D eigenvalue weighted by atomic mass is 32.2. The fraction of sp³-hybridized carbons (Fsp3) is 0.211. The van der Waals surface area contributed by atoms with Gasteiger partial charge in [-0.25, -0.2) is 13.2 Å². The number of anilines is 1. The van der Waals surface area contributed by atoms with Gasteiger partial charge in [0.15, 0.2) is 28.4 Å².